The van der Waals surface area contributed by atoms with Crippen LogP contribution in [-0.2, 0) is 13.0 Å². The Balaban J connectivity index is 1.99. The average Bonchev–Trinajstić information content (AvgIpc) is 2.82. The molecule has 2 aromatic rings. The van der Waals surface area contributed by atoms with Crippen molar-refractivity contribution in [3.05, 3.63) is 34.8 Å². The molecule has 0 spiro atoms. The number of rotatable bonds is 3. The SMILES string of the molecule is FC(F)Oc1ccccc1-c1nc2c(s1)CNCC2. The van der Waals surface area contributed by atoms with Crippen molar-refractivity contribution in [2.45, 2.75) is 19.6 Å². The molecule has 2 heterocycles. The van der Waals surface area contributed by atoms with Gasteiger partial charge < -0.3 is 10.1 Å². The van der Waals surface area contributed by atoms with Gasteiger partial charge in [0.25, 0.3) is 0 Å². The fourth-order valence-electron chi connectivity index (χ4n) is 2.08. The van der Waals surface area contributed by atoms with Crippen LogP contribution in [0.5, 0.6) is 5.75 Å². The van der Waals surface area contributed by atoms with Gasteiger partial charge in [-0.2, -0.15) is 8.78 Å². The summed E-state index contributed by atoms with van der Waals surface area (Å²) in [5.41, 5.74) is 1.69. The van der Waals surface area contributed by atoms with Gasteiger partial charge in [0.1, 0.15) is 10.8 Å². The molecule has 3 rings (SSSR count). The number of aromatic nitrogens is 1. The lowest BCUT2D eigenvalue weighted by molar-refractivity contribution is -0.0494. The molecule has 1 aliphatic rings. The topological polar surface area (TPSA) is 34.1 Å². The Morgan fingerprint density at radius 1 is 1.32 bits per heavy atom. The van der Waals surface area contributed by atoms with Crippen molar-refractivity contribution in [1.29, 1.82) is 0 Å². The van der Waals surface area contributed by atoms with Crippen LogP contribution in [0.15, 0.2) is 24.3 Å². The van der Waals surface area contributed by atoms with E-state index < -0.39 is 6.61 Å². The molecule has 0 amide bonds. The molecule has 100 valence electrons. The van der Waals surface area contributed by atoms with Crippen LogP contribution in [0.3, 0.4) is 0 Å². The second kappa shape index (κ2) is 5.22. The first-order valence-corrected chi connectivity index (χ1v) is 6.79. The van der Waals surface area contributed by atoms with Crippen LogP contribution in [0.2, 0.25) is 0 Å². The number of thiazole rings is 1. The second-order valence-corrected chi connectivity index (χ2v) is 5.27. The van der Waals surface area contributed by atoms with Gasteiger partial charge in [-0.25, -0.2) is 4.98 Å². The number of alkyl halides is 2. The molecule has 0 atom stereocenters. The molecule has 0 radical (unpaired) electrons. The van der Waals surface area contributed by atoms with Crippen molar-refractivity contribution in [2.24, 2.45) is 0 Å². The summed E-state index contributed by atoms with van der Waals surface area (Å²) in [6, 6.07) is 6.78. The summed E-state index contributed by atoms with van der Waals surface area (Å²) in [7, 11) is 0. The molecule has 6 heteroatoms. The molecule has 1 aliphatic heterocycles. The van der Waals surface area contributed by atoms with E-state index in [1.807, 2.05) is 0 Å². The summed E-state index contributed by atoms with van der Waals surface area (Å²) >= 11 is 1.53. The van der Waals surface area contributed by atoms with Crippen LogP contribution in [0.1, 0.15) is 10.6 Å². The third kappa shape index (κ3) is 2.59. The standard InChI is InChI=1S/C13H12F2N2OS/c14-13(15)18-10-4-2-1-3-8(10)12-17-9-5-6-16-7-11(9)19-12/h1-4,13,16H,5-7H2. The van der Waals surface area contributed by atoms with Crippen LogP contribution in [0, 0.1) is 0 Å². The minimum absolute atomic E-state index is 0.177. The molecule has 1 aromatic heterocycles. The number of para-hydroxylation sites is 1. The van der Waals surface area contributed by atoms with Gasteiger partial charge in [-0.1, -0.05) is 12.1 Å². The van der Waals surface area contributed by atoms with E-state index in [0.717, 1.165) is 30.2 Å². The quantitative estimate of drug-likeness (QED) is 0.939. The zero-order valence-corrected chi connectivity index (χ0v) is 10.8. The zero-order valence-electron chi connectivity index (χ0n) is 10.0. The number of halogens is 2. The average molecular weight is 282 g/mol. The lowest BCUT2D eigenvalue weighted by atomic mass is 10.2. The second-order valence-electron chi connectivity index (χ2n) is 4.19. The van der Waals surface area contributed by atoms with Crippen molar-refractivity contribution < 1.29 is 13.5 Å². The number of nitrogens with zero attached hydrogens (tertiary/aromatic N) is 1. The van der Waals surface area contributed by atoms with E-state index in [4.69, 9.17) is 0 Å². The summed E-state index contributed by atoms with van der Waals surface area (Å²) in [5.74, 6) is 0.177. The Kier molecular flexibility index (Phi) is 3.44. The van der Waals surface area contributed by atoms with E-state index in [9.17, 15) is 8.78 Å². The number of benzene rings is 1. The van der Waals surface area contributed by atoms with E-state index in [0.29, 0.717) is 5.56 Å². The Hall–Kier alpha value is -1.53. The Bertz CT molecular complexity index is 562. The minimum Gasteiger partial charge on any atom is -0.434 e. The van der Waals surface area contributed by atoms with Gasteiger partial charge >= 0.3 is 6.61 Å². The molecule has 0 saturated heterocycles. The van der Waals surface area contributed by atoms with E-state index in [-0.39, 0.29) is 5.75 Å². The Labute approximate surface area is 113 Å². The van der Waals surface area contributed by atoms with E-state index in [2.05, 4.69) is 15.0 Å². The molecule has 0 fully saturated rings. The van der Waals surface area contributed by atoms with Gasteiger partial charge in [0.15, 0.2) is 0 Å². The van der Waals surface area contributed by atoms with Gasteiger partial charge in [0, 0.05) is 24.4 Å². The predicted octanol–water partition coefficient (Wildman–Crippen LogP) is 3.06. The molecule has 1 N–H and O–H groups in total. The molecular formula is C13H12F2N2OS. The molecule has 1 aromatic carbocycles. The maximum Gasteiger partial charge on any atom is 0.387 e. The lowest BCUT2D eigenvalue weighted by Crippen LogP contribution is -2.22. The van der Waals surface area contributed by atoms with Gasteiger partial charge in [-0.3, -0.25) is 0 Å². The summed E-state index contributed by atoms with van der Waals surface area (Å²) in [6.07, 6.45) is 0.879. The largest absolute Gasteiger partial charge is 0.434 e. The summed E-state index contributed by atoms with van der Waals surface area (Å²) in [6.45, 7) is -1.12. The number of hydrogen-bond acceptors (Lipinski definition) is 4. The van der Waals surface area contributed by atoms with Crippen molar-refractivity contribution in [1.82, 2.24) is 10.3 Å². The number of fused-ring (bicyclic) bond motifs is 1. The molecule has 0 aliphatic carbocycles. The van der Waals surface area contributed by atoms with Crippen LogP contribution < -0.4 is 10.1 Å². The Morgan fingerprint density at radius 2 is 2.16 bits per heavy atom. The van der Waals surface area contributed by atoms with Gasteiger partial charge in [0.05, 0.1) is 11.3 Å². The van der Waals surface area contributed by atoms with Crippen molar-refractivity contribution in [2.75, 3.05) is 6.54 Å². The monoisotopic (exact) mass is 282 g/mol. The van der Waals surface area contributed by atoms with Gasteiger partial charge in [-0.05, 0) is 12.1 Å². The van der Waals surface area contributed by atoms with E-state index in [1.54, 1.807) is 24.3 Å². The third-order valence-corrected chi connectivity index (χ3v) is 4.07. The number of hydrogen-bond donors (Lipinski definition) is 1. The van der Waals surface area contributed by atoms with Gasteiger partial charge in [0.2, 0.25) is 0 Å². The summed E-state index contributed by atoms with van der Waals surface area (Å²) < 4.78 is 29.3. The highest BCUT2D eigenvalue weighted by atomic mass is 32.1. The zero-order chi connectivity index (χ0) is 13.2. The predicted molar refractivity (Wildman–Crippen MR) is 69.6 cm³/mol. The lowest BCUT2D eigenvalue weighted by Gasteiger charge is -2.09. The maximum absolute atomic E-state index is 12.4. The minimum atomic E-state index is -2.82. The first kappa shape index (κ1) is 12.5. The Morgan fingerprint density at radius 3 is 2.95 bits per heavy atom. The molecule has 3 nitrogen and oxygen atoms in total. The fraction of sp³-hybridized carbons (Fsp3) is 0.308. The highest BCUT2D eigenvalue weighted by Crippen LogP contribution is 2.35. The van der Waals surface area contributed by atoms with Crippen molar-refractivity contribution in [3.8, 4) is 16.3 Å². The fourth-order valence-corrected chi connectivity index (χ4v) is 3.19. The van der Waals surface area contributed by atoms with Crippen molar-refractivity contribution >= 4 is 11.3 Å². The van der Waals surface area contributed by atoms with Crippen molar-refractivity contribution in [3.63, 3.8) is 0 Å². The number of ether oxygens (including phenoxy) is 1. The van der Waals surface area contributed by atoms with E-state index in [1.165, 1.54) is 16.2 Å². The molecule has 0 unspecified atom stereocenters. The highest BCUT2D eigenvalue weighted by Gasteiger charge is 2.18. The molecule has 0 saturated carbocycles. The van der Waals surface area contributed by atoms with E-state index >= 15 is 0 Å². The molecule has 19 heavy (non-hydrogen) atoms. The smallest absolute Gasteiger partial charge is 0.387 e. The van der Waals surface area contributed by atoms with Crippen LogP contribution in [0.4, 0.5) is 8.78 Å². The maximum atomic E-state index is 12.4. The number of nitrogens with one attached hydrogen (secondary N) is 1. The molecule has 0 bridgehead atoms. The first-order valence-electron chi connectivity index (χ1n) is 5.97. The van der Waals surface area contributed by atoms with Crippen LogP contribution in [-0.4, -0.2) is 18.1 Å². The normalized spacial score (nSPS) is 14.5. The highest BCUT2D eigenvalue weighted by molar-refractivity contribution is 7.15. The molecular weight excluding hydrogens is 270 g/mol. The summed E-state index contributed by atoms with van der Waals surface area (Å²) in [4.78, 5) is 5.72. The first-order chi connectivity index (χ1) is 9.24. The van der Waals surface area contributed by atoms with Crippen LogP contribution >= 0.6 is 11.3 Å². The van der Waals surface area contributed by atoms with Crippen LogP contribution in [0.25, 0.3) is 10.6 Å². The third-order valence-electron chi connectivity index (χ3n) is 2.94. The summed E-state index contributed by atoms with van der Waals surface area (Å²) in [5, 5.41) is 4.01. The van der Waals surface area contributed by atoms with Gasteiger partial charge in [-0.15, -0.1) is 11.3 Å².